The maximum absolute atomic E-state index is 11.9. The van der Waals surface area contributed by atoms with E-state index in [4.69, 9.17) is 5.11 Å². The van der Waals surface area contributed by atoms with Crippen molar-refractivity contribution in [1.29, 1.82) is 0 Å². The third-order valence-corrected chi connectivity index (χ3v) is 2.53. The minimum Gasteiger partial charge on any atom is -0.480 e. The number of nitrogens with zero attached hydrogens (tertiary/aromatic N) is 2. The van der Waals surface area contributed by atoms with E-state index < -0.39 is 5.97 Å². The first kappa shape index (κ1) is 12.0. The molecule has 0 saturated carbocycles. The molecule has 2 rings (SSSR count). The normalized spacial score (nSPS) is 17.2. The average Bonchev–Trinajstić information content (AvgIpc) is 2.58. The van der Waals surface area contributed by atoms with Crippen LogP contribution in [0.1, 0.15) is 12.5 Å². The third kappa shape index (κ3) is 2.45. The quantitative estimate of drug-likeness (QED) is 0.816. The van der Waals surface area contributed by atoms with Gasteiger partial charge in [0.15, 0.2) is 0 Å². The van der Waals surface area contributed by atoms with Crippen LogP contribution >= 0.6 is 0 Å². The van der Waals surface area contributed by atoms with Gasteiger partial charge in [0.25, 0.3) is 5.91 Å². The molecule has 1 heterocycles. The fraction of sp³-hybridized carbons (Fsp3) is 0.154. The number of rotatable bonds is 3. The molecule has 1 amide bonds. The largest absolute Gasteiger partial charge is 0.480 e. The fourth-order valence-electron chi connectivity index (χ4n) is 1.69. The van der Waals surface area contributed by atoms with Crippen molar-refractivity contribution in [2.45, 2.75) is 6.92 Å². The fourth-order valence-corrected chi connectivity index (χ4v) is 1.69. The van der Waals surface area contributed by atoms with E-state index >= 15 is 0 Å². The zero-order valence-corrected chi connectivity index (χ0v) is 9.83. The predicted octanol–water partition coefficient (Wildman–Crippen LogP) is 1.37. The van der Waals surface area contributed by atoms with E-state index in [-0.39, 0.29) is 18.1 Å². The van der Waals surface area contributed by atoms with Crippen LogP contribution in [0, 0.1) is 0 Å². The van der Waals surface area contributed by atoms with Gasteiger partial charge in [-0.05, 0) is 18.6 Å². The lowest BCUT2D eigenvalue weighted by Gasteiger charge is -2.11. The molecule has 5 nitrogen and oxygen atoms in total. The van der Waals surface area contributed by atoms with Crippen molar-refractivity contribution >= 4 is 23.8 Å². The van der Waals surface area contributed by atoms with Crippen molar-refractivity contribution < 1.29 is 14.7 Å². The standard InChI is InChI=1S/C13H12N2O3/c1-9-14-11(7-10-5-3-2-4-6-10)13(18)15(9)8-12(16)17/h2-7H,8H2,1H3,(H,16,17)/b11-7+. The lowest BCUT2D eigenvalue weighted by molar-refractivity contribution is -0.140. The zero-order chi connectivity index (χ0) is 13.1. The van der Waals surface area contributed by atoms with Crippen LogP contribution in [-0.4, -0.2) is 34.3 Å². The summed E-state index contributed by atoms with van der Waals surface area (Å²) in [6.07, 6.45) is 1.65. The number of amides is 1. The SMILES string of the molecule is CC1=N/C(=C/c2ccccc2)C(=O)N1CC(=O)O. The summed E-state index contributed by atoms with van der Waals surface area (Å²) >= 11 is 0. The topological polar surface area (TPSA) is 70.0 Å². The molecular formula is C13H12N2O3. The zero-order valence-electron chi connectivity index (χ0n) is 9.83. The van der Waals surface area contributed by atoms with E-state index in [2.05, 4.69) is 4.99 Å². The Morgan fingerprint density at radius 1 is 1.39 bits per heavy atom. The summed E-state index contributed by atoms with van der Waals surface area (Å²) in [4.78, 5) is 27.8. The predicted molar refractivity (Wildman–Crippen MR) is 66.9 cm³/mol. The first-order valence-electron chi connectivity index (χ1n) is 5.43. The minimum atomic E-state index is -1.06. The van der Waals surface area contributed by atoms with Crippen molar-refractivity contribution in [3.05, 3.63) is 41.6 Å². The highest BCUT2D eigenvalue weighted by Gasteiger charge is 2.28. The molecule has 0 radical (unpaired) electrons. The molecule has 0 fully saturated rings. The van der Waals surface area contributed by atoms with Crippen LogP contribution in [0.3, 0.4) is 0 Å². The summed E-state index contributed by atoms with van der Waals surface area (Å²) in [5.74, 6) is -1.03. The van der Waals surface area contributed by atoms with Crippen LogP contribution in [0.2, 0.25) is 0 Å². The third-order valence-electron chi connectivity index (χ3n) is 2.53. The summed E-state index contributed by atoms with van der Waals surface area (Å²) in [6, 6.07) is 9.30. The van der Waals surface area contributed by atoms with Gasteiger partial charge >= 0.3 is 5.97 Å². The molecule has 0 bridgehead atoms. The van der Waals surface area contributed by atoms with Crippen LogP contribution in [0.5, 0.6) is 0 Å². The molecule has 0 unspecified atom stereocenters. The van der Waals surface area contributed by atoms with Crippen molar-refractivity contribution in [2.75, 3.05) is 6.54 Å². The highest BCUT2D eigenvalue weighted by atomic mass is 16.4. The molecule has 0 aromatic heterocycles. The van der Waals surface area contributed by atoms with Gasteiger partial charge in [0.2, 0.25) is 0 Å². The van der Waals surface area contributed by atoms with E-state index in [0.29, 0.717) is 5.84 Å². The van der Waals surface area contributed by atoms with Crippen molar-refractivity contribution in [3.8, 4) is 0 Å². The van der Waals surface area contributed by atoms with Gasteiger partial charge < -0.3 is 5.11 Å². The molecule has 1 N–H and O–H groups in total. The molecule has 18 heavy (non-hydrogen) atoms. The Morgan fingerprint density at radius 2 is 2.06 bits per heavy atom. The van der Waals surface area contributed by atoms with Gasteiger partial charge in [-0.25, -0.2) is 4.99 Å². The van der Waals surface area contributed by atoms with Gasteiger partial charge in [-0.15, -0.1) is 0 Å². The number of hydrogen-bond donors (Lipinski definition) is 1. The van der Waals surface area contributed by atoms with E-state index in [9.17, 15) is 9.59 Å². The number of carboxylic acids is 1. The van der Waals surface area contributed by atoms with Gasteiger partial charge in [0.05, 0.1) is 0 Å². The Bertz CT molecular complexity index is 547. The number of amidine groups is 1. The second kappa shape index (κ2) is 4.83. The maximum atomic E-state index is 11.9. The lowest BCUT2D eigenvalue weighted by Crippen LogP contribution is -2.35. The highest BCUT2D eigenvalue weighted by molar-refractivity contribution is 6.14. The number of carbonyl (C=O) groups is 2. The second-order valence-corrected chi connectivity index (χ2v) is 3.88. The molecule has 92 valence electrons. The Balaban J connectivity index is 2.25. The molecule has 1 aliphatic heterocycles. The highest BCUT2D eigenvalue weighted by Crippen LogP contribution is 2.17. The molecule has 5 heteroatoms. The van der Waals surface area contributed by atoms with Crippen LogP contribution in [-0.2, 0) is 9.59 Å². The monoisotopic (exact) mass is 244 g/mol. The smallest absolute Gasteiger partial charge is 0.323 e. The van der Waals surface area contributed by atoms with E-state index in [1.807, 2.05) is 30.3 Å². The molecule has 1 aliphatic rings. The van der Waals surface area contributed by atoms with E-state index in [1.54, 1.807) is 13.0 Å². The van der Waals surface area contributed by atoms with Crippen LogP contribution in [0.4, 0.5) is 0 Å². The molecule has 0 aliphatic carbocycles. The van der Waals surface area contributed by atoms with E-state index in [0.717, 1.165) is 10.5 Å². The number of aliphatic carboxylic acids is 1. The molecule has 1 aromatic rings. The first-order chi connectivity index (χ1) is 8.58. The number of benzene rings is 1. The summed E-state index contributed by atoms with van der Waals surface area (Å²) in [5, 5.41) is 8.72. The first-order valence-corrected chi connectivity index (χ1v) is 5.43. The molecular weight excluding hydrogens is 232 g/mol. The van der Waals surface area contributed by atoms with Gasteiger partial charge in [0, 0.05) is 0 Å². The van der Waals surface area contributed by atoms with Crippen LogP contribution in [0.15, 0.2) is 41.0 Å². The van der Waals surface area contributed by atoms with Gasteiger partial charge in [-0.2, -0.15) is 0 Å². The van der Waals surface area contributed by atoms with Crippen molar-refractivity contribution in [3.63, 3.8) is 0 Å². The number of carbonyl (C=O) groups excluding carboxylic acids is 1. The summed E-state index contributed by atoms with van der Waals surface area (Å²) in [5.41, 5.74) is 1.12. The maximum Gasteiger partial charge on any atom is 0.323 e. The Kier molecular flexibility index (Phi) is 3.23. The molecule has 0 atom stereocenters. The lowest BCUT2D eigenvalue weighted by atomic mass is 10.2. The van der Waals surface area contributed by atoms with Gasteiger partial charge in [-0.1, -0.05) is 30.3 Å². The van der Waals surface area contributed by atoms with Gasteiger partial charge in [0.1, 0.15) is 18.1 Å². The Hall–Kier alpha value is -2.43. The van der Waals surface area contributed by atoms with Crippen molar-refractivity contribution in [1.82, 2.24) is 4.90 Å². The van der Waals surface area contributed by atoms with E-state index in [1.165, 1.54) is 0 Å². The summed E-state index contributed by atoms with van der Waals surface area (Å²) < 4.78 is 0. The Morgan fingerprint density at radius 3 is 2.67 bits per heavy atom. The summed E-state index contributed by atoms with van der Waals surface area (Å²) in [7, 11) is 0. The van der Waals surface area contributed by atoms with Crippen LogP contribution < -0.4 is 0 Å². The Labute approximate surface area is 104 Å². The molecule has 0 spiro atoms. The number of hydrogen-bond acceptors (Lipinski definition) is 3. The number of aliphatic imine (C=N–C) groups is 1. The van der Waals surface area contributed by atoms with Gasteiger partial charge in [-0.3, -0.25) is 14.5 Å². The molecule has 0 saturated heterocycles. The minimum absolute atomic E-state index is 0.264. The van der Waals surface area contributed by atoms with Crippen molar-refractivity contribution in [2.24, 2.45) is 4.99 Å². The molecule has 1 aromatic carbocycles. The number of carboxylic acid groups (broad SMARTS) is 1. The second-order valence-electron chi connectivity index (χ2n) is 3.88. The average molecular weight is 244 g/mol. The van der Waals surface area contributed by atoms with Crippen LogP contribution in [0.25, 0.3) is 6.08 Å². The summed E-state index contributed by atoms with van der Waals surface area (Å²) in [6.45, 7) is 1.26.